The topological polar surface area (TPSA) is 81.7 Å². The summed E-state index contributed by atoms with van der Waals surface area (Å²) in [5.41, 5.74) is 6.49. The first kappa shape index (κ1) is 53.5. The molecule has 0 aliphatic carbocycles. The summed E-state index contributed by atoms with van der Waals surface area (Å²) in [6, 6.07) is 37.9. The monoisotopic (exact) mass is 968 g/mol. The Morgan fingerprint density at radius 2 is 0.603 bits per heavy atom. The van der Waals surface area contributed by atoms with Gasteiger partial charge in [0.25, 0.3) is 0 Å². The fourth-order valence-electron chi connectivity index (χ4n) is 7.38. The van der Waals surface area contributed by atoms with Gasteiger partial charge in [-0.15, -0.1) is 0 Å². The molecule has 0 radical (unpaired) electrons. The van der Waals surface area contributed by atoms with Crippen molar-refractivity contribution in [3.8, 4) is 93.7 Å². The second-order valence-electron chi connectivity index (χ2n) is 16.5. The van der Waals surface area contributed by atoms with E-state index >= 15 is 0 Å². The number of hydrogen-bond acceptors (Lipinski definition) is 8. The van der Waals surface area contributed by atoms with Crippen LogP contribution < -0.4 is 28.4 Å². The van der Waals surface area contributed by atoms with Gasteiger partial charge in [-0.25, -0.2) is 4.79 Å². The summed E-state index contributed by atoms with van der Waals surface area (Å²) in [6.45, 7) is 4.28. The third kappa shape index (κ3) is 16.9. The van der Waals surface area contributed by atoms with E-state index in [9.17, 15) is 4.79 Å². The SMILES string of the molecule is C=CC(=O)OCCCCCCCCCCCOc1c(C#Cc2ccc(OC)cc2)c(C#Cc2ccc(OC)cc2)c(C#Cc2ccc(OC)cc2)c(C#Cc2ccc(OC)cc2)c1C#Cc1ccc(OC)cc1. The van der Waals surface area contributed by atoms with E-state index in [1.807, 2.05) is 121 Å². The molecular formula is C65H60O8. The molecule has 8 heteroatoms. The molecule has 0 aliphatic rings. The third-order valence-corrected chi connectivity index (χ3v) is 11.5. The van der Waals surface area contributed by atoms with E-state index in [4.69, 9.17) is 33.2 Å². The van der Waals surface area contributed by atoms with Crippen LogP contribution in [0.2, 0.25) is 0 Å². The summed E-state index contributed by atoms with van der Waals surface area (Å²) in [5, 5.41) is 0. The molecule has 0 unspecified atom stereocenters. The minimum absolute atomic E-state index is 0.371. The van der Waals surface area contributed by atoms with Gasteiger partial charge in [0.05, 0.1) is 76.6 Å². The first-order chi connectivity index (χ1) is 35.8. The number of esters is 1. The molecule has 0 aromatic heterocycles. The van der Waals surface area contributed by atoms with Crippen LogP contribution in [0.4, 0.5) is 0 Å². The molecule has 0 fully saturated rings. The van der Waals surface area contributed by atoms with Crippen LogP contribution in [-0.2, 0) is 9.53 Å². The Kier molecular flexibility index (Phi) is 21.5. The van der Waals surface area contributed by atoms with Crippen molar-refractivity contribution in [3.05, 3.63) is 190 Å². The molecule has 0 heterocycles. The van der Waals surface area contributed by atoms with Gasteiger partial charge in [-0.1, -0.05) is 111 Å². The number of rotatable bonds is 19. The summed E-state index contributed by atoms with van der Waals surface area (Å²) >= 11 is 0. The van der Waals surface area contributed by atoms with E-state index in [1.54, 1.807) is 35.5 Å². The maximum atomic E-state index is 11.3. The molecule has 0 spiro atoms. The van der Waals surface area contributed by atoms with Crippen molar-refractivity contribution < 1.29 is 38.0 Å². The lowest BCUT2D eigenvalue weighted by molar-refractivity contribution is -0.137. The predicted octanol–water partition coefficient (Wildman–Crippen LogP) is 12.3. The number of carbonyl (C=O) groups is 1. The average Bonchev–Trinajstić information content (AvgIpc) is 3.44. The predicted molar refractivity (Wildman–Crippen MR) is 290 cm³/mol. The van der Waals surface area contributed by atoms with Crippen molar-refractivity contribution in [2.24, 2.45) is 0 Å². The number of carbonyl (C=O) groups excluding carboxylic acids is 1. The highest BCUT2D eigenvalue weighted by molar-refractivity contribution is 5.81. The highest BCUT2D eigenvalue weighted by atomic mass is 16.5. The number of benzene rings is 6. The quantitative estimate of drug-likeness (QED) is 0.0344. The van der Waals surface area contributed by atoms with Crippen LogP contribution in [0.1, 0.15) is 113 Å². The van der Waals surface area contributed by atoms with Crippen molar-refractivity contribution >= 4 is 5.97 Å². The lowest BCUT2D eigenvalue weighted by Crippen LogP contribution is -2.08. The molecular weight excluding hydrogens is 909 g/mol. The van der Waals surface area contributed by atoms with Gasteiger partial charge in [0.1, 0.15) is 28.7 Å². The van der Waals surface area contributed by atoms with Gasteiger partial charge in [-0.3, -0.25) is 0 Å². The largest absolute Gasteiger partial charge is 0.497 e. The van der Waals surface area contributed by atoms with E-state index in [2.05, 4.69) is 65.8 Å². The first-order valence-corrected chi connectivity index (χ1v) is 24.3. The van der Waals surface area contributed by atoms with Crippen LogP contribution in [0, 0.1) is 59.2 Å². The van der Waals surface area contributed by atoms with Crippen molar-refractivity contribution in [3.63, 3.8) is 0 Å². The maximum absolute atomic E-state index is 11.3. The molecule has 0 bridgehead atoms. The molecule has 0 amide bonds. The third-order valence-electron chi connectivity index (χ3n) is 11.5. The minimum atomic E-state index is -0.371. The van der Waals surface area contributed by atoms with E-state index in [1.165, 1.54) is 6.08 Å². The summed E-state index contributed by atoms with van der Waals surface area (Å²) in [7, 11) is 8.18. The van der Waals surface area contributed by atoms with Crippen molar-refractivity contribution in [2.75, 3.05) is 48.8 Å². The highest BCUT2D eigenvalue weighted by Gasteiger charge is 2.23. The first-order valence-electron chi connectivity index (χ1n) is 24.3. The Bertz CT molecular complexity index is 2940. The Morgan fingerprint density at radius 3 is 0.877 bits per heavy atom. The summed E-state index contributed by atoms with van der Waals surface area (Å²) in [6.07, 6.45) is 10.4. The number of methoxy groups -OCH3 is 5. The van der Waals surface area contributed by atoms with Gasteiger partial charge in [-0.05, 0) is 134 Å². The van der Waals surface area contributed by atoms with E-state index < -0.39 is 0 Å². The van der Waals surface area contributed by atoms with Crippen LogP contribution in [0.5, 0.6) is 34.5 Å². The molecule has 6 aromatic carbocycles. The van der Waals surface area contributed by atoms with E-state index in [0.29, 0.717) is 52.5 Å². The summed E-state index contributed by atoms with van der Waals surface area (Å²) < 4.78 is 39.4. The van der Waals surface area contributed by atoms with Crippen LogP contribution in [0.15, 0.2) is 134 Å². The molecule has 73 heavy (non-hydrogen) atoms. The molecule has 8 nitrogen and oxygen atoms in total. The molecule has 0 saturated carbocycles. The zero-order valence-corrected chi connectivity index (χ0v) is 42.4. The van der Waals surface area contributed by atoms with Gasteiger partial charge in [0.15, 0.2) is 5.75 Å². The normalized spacial score (nSPS) is 9.88. The number of unbranched alkanes of at least 4 members (excludes halogenated alkanes) is 8. The molecule has 368 valence electrons. The van der Waals surface area contributed by atoms with Gasteiger partial charge in [0.2, 0.25) is 0 Å². The standard InChI is InChI=1S/C65H60O8/c1-7-64(66)72-47-15-13-11-9-8-10-12-14-16-48-73-65-62(45-30-52-23-38-57(70-5)39-24-52)60(43-28-50-19-34-55(68-3)35-20-50)59(42-27-49-17-32-54(67-2)33-18-49)61(44-29-51-21-36-56(69-4)37-22-51)63(65)46-31-53-25-40-58(71-6)41-26-53/h7,17-26,32-41H,1,8-16,47-48H2,2-6H3. The maximum Gasteiger partial charge on any atom is 0.330 e. The Morgan fingerprint density at radius 1 is 0.356 bits per heavy atom. The number of ether oxygens (including phenoxy) is 7. The summed E-state index contributed by atoms with van der Waals surface area (Å²) in [4.78, 5) is 11.3. The zero-order valence-electron chi connectivity index (χ0n) is 42.4. The Hall–Kier alpha value is -8.87. The highest BCUT2D eigenvalue weighted by Crippen LogP contribution is 2.34. The average molecular weight is 969 g/mol. The fourth-order valence-corrected chi connectivity index (χ4v) is 7.38. The molecule has 0 N–H and O–H groups in total. The fraction of sp³-hybridized carbons (Fsp3) is 0.246. The lowest BCUT2D eigenvalue weighted by Gasteiger charge is -2.17. The van der Waals surface area contributed by atoms with E-state index in [-0.39, 0.29) is 5.97 Å². The minimum Gasteiger partial charge on any atom is -0.497 e. The van der Waals surface area contributed by atoms with Crippen LogP contribution >= 0.6 is 0 Å². The van der Waals surface area contributed by atoms with Gasteiger partial charge >= 0.3 is 5.97 Å². The second-order valence-corrected chi connectivity index (χ2v) is 16.5. The van der Waals surface area contributed by atoms with Crippen molar-refractivity contribution in [1.82, 2.24) is 0 Å². The summed E-state index contributed by atoms with van der Waals surface area (Å²) in [5.74, 6) is 38.3. The second kappa shape index (κ2) is 29.3. The van der Waals surface area contributed by atoms with Crippen LogP contribution in [-0.4, -0.2) is 54.7 Å². The Balaban J connectivity index is 1.53. The molecule has 0 saturated heterocycles. The molecule has 6 aromatic rings. The molecule has 0 aliphatic heterocycles. The lowest BCUT2D eigenvalue weighted by atomic mass is 9.89. The van der Waals surface area contributed by atoms with Gasteiger partial charge in [-0.2, -0.15) is 0 Å². The van der Waals surface area contributed by atoms with Crippen LogP contribution in [0.25, 0.3) is 0 Å². The van der Waals surface area contributed by atoms with Crippen LogP contribution in [0.3, 0.4) is 0 Å². The van der Waals surface area contributed by atoms with Gasteiger partial charge < -0.3 is 33.2 Å². The Labute approximate surface area is 432 Å². The number of hydrogen-bond donors (Lipinski definition) is 0. The zero-order chi connectivity index (χ0) is 51.5. The van der Waals surface area contributed by atoms with Crippen molar-refractivity contribution in [1.29, 1.82) is 0 Å². The molecule has 0 atom stereocenters. The molecule has 6 rings (SSSR count). The van der Waals surface area contributed by atoms with Crippen molar-refractivity contribution in [2.45, 2.75) is 57.8 Å². The smallest absolute Gasteiger partial charge is 0.330 e. The van der Waals surface area contributed by atoms with Gasteiger partial charge in [0, 0.05) is 33.9 Å². The van der Waals surface area contributed by atoms with E-state index in [0.717, 1.165) is 109 Å².